The maximum absolute atomic E-state index is 10.4. The number of nitrogens with zero attached hydrogens (tertiary/aromatic N) is 1. The van der Waals surface area contributed by atoms with E-state index in [9.17, 15) is 9.59 Å². The van der Waals surface area contributed by atoms with Gasteiger partial charge in [-0.15, -0.1) is 0 Å². The topological polar surface area (TPSA) is 109 Å². The van der Waals surface area contributed by atoms with Crippen molar-refractivity contribution >= 4 is 11.9 Å². The number of hydrogen-bond acceptors (Lipinski definition) is 5. The summed E-state index contributed by atoms with van der Waals surface area (Å²) < 4.78 is 4.66. The molecule has 0 spiro atoms. The van der Waals surface area contributed by atoms with E-state index in [-0.39, 0.29) is 11.5 Å². The second-order valence-corrected chi connectivity index (χ2v) is 3.51. The summed E-state index contributed by atoms with van der Waals surface area (Å²) >= 11 is 0. The summed E-state index contributed by atoms with van der Waals surface area (Å²) in [4.78, 5) is 35.8. The first-order valence-corrected chi connectivity index (χ1v) is 5.84. The number of pyridine rings is 2. The summed E-state index contributed by atoms with van der Waals surface area (Å²) in [6.45, 7) is 2.43. The second kappa shape index (κ2) is 10.9. The van der Waals surface area contributed by atoms with Gasteiger partial charge in [-0.25, -0.2) is 4.98 Å². The smallest absolute Gasteiger partial charge is 0.309 e. The van der Waals surface area contributed by atoms with Crippen LogP contribution < -0.4 is 10.3 Å². The Morgan fingerprint density at radius 1 is 1.14 bits per heavy atom. The molecule has 0 fully saturated rings. The van der Waals surface area contributed by atoms with Gasteiger partial charge < -0.3 is 14.8 Å². The van der Waals surface area contributed by atoms with Gasteiger partial charge in [-0.1, -0.05) is 12.1 Å². The summed E-state index contributed by atoms with van der Waals surface area (Å²) in [5.74, 6) is -0.839. The van der Waals surface area contributed by atoms with Crippen LogP contribution in [0.15, 0.2) is 53.6 Å². The molecule has 0 aliphatic heterocycles. The first-order chi connectivity index (χ1) is 9.91. The van der Waals surface area contributed by atoms with Gasteiger partial charge in [-0.3, -0.25) is 14.4 Å². The van der Waals surface area contributed by atoms with Crippen LogP contribution in [0.5, 0.6) is 5.88 Å². The predicted octanol–water partition coefficient (Wildman–Crippen LogP) is 1.47. The number of aromatic nitrogens is 2. The van der Waals surface area contributed by atoms with Crippen LogP contribution in [-0.4, -0.2) is 27.0 Å². The monoisotopic (exact) mass is 292 g/mol. The lowest BCUT2D eigenvalue weighted by atomic mass is 10.5. The Balaban J connectivity index is 0.000000317. The molecule has 2 rings (SSSR count). The third-order valence-electron chi connectivity index (χ3n) is 1.57. The van der Waals surface area contributed by atoms with Gasteiger partial charge in [0.25, 0.3) is 5.97 Å². The Bertz CT molecular complexity index is 574. The van der Waals surface area contributed by atoms with Crippen molar-refractivity contribution in [2.75, 3.05) is 0 Å². The standard InChI is InChI=1S/C7H7NO2.C5H5NO.C2H4O2/c1-6(9)10-7-4-2-3-5-8-7;7-5-3-1-2-4-6-5;1-2(3)4/h2-5H,1H3;1-4H,(H,6,7);1H3,(H,3,4). The van der Waals surface area contributed by atoms with Gasteiger partial charge in [0.1, 0.15) is 0 Å². The first kappa shape index (κ1) is 18.0. The minimum absolute atomic E-state index is 0.0532. The van der Waals surface area contributed by atoms with Crippen LogP contribution in [0.2, 0.25) is 0 Å². The normalized spacial score (nSPS) is 8.29. The molecule has 2 aromatic heterocycles. The molecule has 112 valence electrons. The van der Waals surface area contributed by atoms with Gasteiger partial charge >= 0.3 is 5.97 Å². The van der Waals surface area contributed by atoms with E-state index in [0.29, 0.717) is 5.88 Å². The Hall–Kier alpha value is -2.96. The molecule has 2 N–H and O–H groups in total. The molecule has 0 atom stereocenters. The highest BCUT2D eigenvalue weighted by Gasteiger charge is 1.94. The number of aliphatic carboxylic acids is 1. The van der Waals surface area contributed by atoms with Crippen LogP contribution in [0.3, 0.4) is 0 Å². The Kier molecular flexibility index (Phi) is 9.38. The summed E-state index contributed by atoms with van der Waals surface area (Å²) in [7, 11) is 0. The van der Waals surface area contributed by atoms with Gasteiger partial charge in [0.15, 0.2) is 0 Å². The molecule has 0 aliphatic rings. The number of rotatable bonds is 1. The van der Waals surface area contributed by atoms with Crippen LogP contribution in [0.1, 0.15) is 13.8 Å². The van der Waals surface area contributed by atoms with Crippen molar-refractivity contribution in [2.45, 2.75) is 13.8 Å². The fourth-order valence-electron chi connectivity index (χ4n) is 0.932. The number of hydrogen-bond donors (Lipinski definition) is 2. The maximum Gasteiger partial charge on any atom is 0.309 e. The number of carbonyl (C=O) groups is 2. The van der Waals surface area contributed by atoms with Gasteiger partial charge in [0, 0.05) is 38.4 Å². The van der Waals surface area contributed by atoms with E-state index in [1.807, 2.05) is 0 Å². The third kappa shape index (κ3) is 13.3. The lowest BCUT2D eigenvalue weighted by molar-refractivity contribution is -0.134. The molecular formula is C14H16N2O5. The van der Waals surface area contributed by atoms with Crippen LogP contribution in [0.25, 0.3) is 0 Å². The predicted molar refractivity (Wildman–Crippen MR) is 75.9 cm³/mol. The summed E-state index contributed by atoms with van der Waals surface area (Å²) in [5, 5.41) is 7.42. The van der Waals surface area contributed by atoms with Crippen molar-refractivity contribution in [3.05, 3.63) is 59.1 Å². The van der Waals surface area contributed by atoms with Crippen LogP contribution >= 0.6 is 0 Å². The summed E-state index contributed by atoms with van der Waals surface area (Å²) in [5.41, 5.74) is -0.0532. The van der Waals surface area contributed by atoms with Gasteiger partial charge in [0.2, 0.25) is 11.4 Å². The molecule has 7 heteroatoms. The van der Waals surface area contributed by atoms with Crippen LogP contribution in [0.4, 0.5) is 0 Å². The van der Waals surface area contributed by atoms with E-state index in [1.165, 1.54) is 13.0 Å². The molecule has 0 aromatic carbocycles. The number of ether oxygens (including phenoxy) is 1. The molecule has 2 aromatic rings. The number of aromatic amines is 1. The molecule has 21 heavy (non-hydrogen) atoms. The van der Waals surface area contributed by atoms with Crippen molar-refractivity contribution in [1.29, 1.82) is 0 Å². The Morgan fingerprint density at radius 2 is 1.76 bits per heavy atom. The summed E-state index contributed by atoms with van der Waals surface area (Å²) in [6, 6.07) is 10.1. The summed E-state index contributed by atoms with van der Waals surface area (Å²) in [6.07, 6.45) is 3.17. The van der Waals surface area contributed by atoms with Crippen molar-refractivity contribution in [2.24, 2.45) is 0 Å². The van der Waals surface area contributed by atoms with Crippen LogP contribution in [-0.2, 0) is 9.59 Å². The number of carboxylic acid groups (broad SMARTS) is 1. The largest absolute Gasteiger partial charge is 0.481 e. The highest BCUT2D eigenvalue weighted by molar-refractivity contribution is 5.68. The van der Waals surface area contributed by atoms with E-state index in [1.54, 1.807) is 42.7 Å². The van der Waals surface area contributed by atoms with E-state index >= 15 is 0 Å². The van der Waals surface area contributed by atoms with Crippen molar-refractivity contribution in [1.82, 2.24) is 9.97 Å². The minimum atomic E-state index is -0.833. The zero-order chi connectivity index (χ0) is 16.1. The lowest BCUT2D eigenvalue weighted by Crippen LogP contribution is -2.02. The fourth-order valence-corrected chi connectivity index (χ4v) is 0.932. The van der Waals surface area contributed by atoms with E-state index in [2.05, 4.69) is 14.7 Å². The molecular weight excluding hydrogens is 276 g/mol. The van der Waals surface area contributed by atoms with Gasteiger partial charge in [0.05, 0.1) is 0 Å². The molecule has 0 bridgehead atoms. The highest BCUT2D eigenvalue weighted by Crippen LogP contribution is 2.02. The number of H-pyrrole nitrogens is 1. The van der Waals surface area contributed by atoms with Crippen LogP contribution in [0, 0.1) is 0 Å². The second-order valence-electron chi connectivity index (χ2n) is 3.51. The van der Waals surface area contributed by atoms with Crippen molar-refractivity contribution in [3.8, 4) is 5.88 Å². The number of nitrogens with one attached hydrogen (secondary N) is 1. The molecule has 0 amide bonds. The van der Waals surface area contributed by atoms with Gasteiger partial charge in [-0.05, 0) is 12.1 Å². The molecule has 0 aliphatic carbocycles. The number of carboxylic acids is 1. The Labute approximate surface area is 121 Å². The number of carbonyl (C=O) groups excluding carboxylic acids is 1. The highest BCUT2D eigenvalue weighted by atomic mass is 16.5. The molecule has 0 saturated carbocycles. The molecule has 0 radical (unpaired) electrons. The molecule has 0 saturated heterocycles. The quantitative estimate of drug-likeness (QED) is 0.770. The molecule has 2 heterocycles. The average molecular weight is 292 g/mol. The van der Waals surface area contributed by atoms with Crippen molar-refractivity contribution < 1.29 is 19.4 Å². The first-order valence-electron chi connectivity index (χ1n) is 5.84. The minimum Gasteiger partial charge on any atom is -0.481 e. The van der Waals surface area contributed by atoms with Crippen molar-refractivity contribution in [3.63, 3.8) is 0 Å². The van der Waals surface area contributed by atoms with E-state index < -0.39 is 5.97 Å². The van der Waals surface area contributed by atoms with E-state index in [0.717, 1.165) is 6.92 Å². The SMILES string of the molecule is CC(=O)O.CC(=O)Oc1ccccn1.O=c1cccc[nH]1. The van der Waals surface area contributed by atoms with E-state index in [4.69, 9.17) is 9.90 Å². The average Bonchev–Trinajstić information content (AvgIpc) is 2.40. The number of esters is 1. The zero-order valence-electron chi connectivity index (χ0n) is 11.6. The maximum atomic E-state index is 10.4. The van der Waals surface area contributed by atoms with Gasteiger partial charge in [-0.2, -0.15) is 0 Å². The third-order valence-corrected chi connectivity index (χ3v) is 1.57. The fraction of sp³-hybridized carbons (Fsp3) is 0.143. The molecule has 0 unspecified atom stereocenters. The molecule has 7 nitrogen and oxygen atoms in total. The zero-order valence-corrected chi connectivity index (χ0v) is 11.6. The Morgan fingerprint density at radius 3 is 2.10 bits per heavy atom. The lowest BCUT2D eigenvalue weighted by Gasteiger charge is -1.95.